The van der Waals surface area contributed by atoms with Gasteiger partial charge in [-0.2, -0.15) is 0 Å². The van der Waals surface area contributed by atoms with Crippen LogP contribution in [0.4, 0.5) is 5.69 Å². The molecule has 0 saturated carbocycles. The molecule has 1 aromatic rings. The summed E-state index contributed by atoms with van der Waals surface area (Å²) in [5.41, 5.74) is 2.30. The van der Waals surface area contributed by atoms with Crippen molar-refractivity contribution in [2.45, 2.75) is 53.0 Å². The third kappa shape index (κ3) is 3.15. The molecule has 2 nitrogen and oxygen atoms in total. The highest BCUT2D eigenvalue weighted by molar-refractivity contribution is 5.63. The Morgan fingerprint density at radius 3 is 1.95 bits per heavy atom. The molecular formula is C17H22N2. The van der Waals surface area contributed by atoms with Gasteiger partial charge in [0.1, 0.15) is 0 Å². The van der Waals surface area contributed by atoms with Crippen LogP contribution in [0.5, 0.6) is 0 Å². The van der Waals surface area contributed by atoms with Gasteiger partial charge in [0, 0.05) is 11.0 Å². The zero-order valence-electron chi connectivity index (χ0n) is 12.7. The zero-order valence-corrected chi connectivity index (χ0v) is 12.7. The van der Waals surface area contributed by atoms with Gasteiger partial charge in [-0.25, -0.2) is 11.4 Å². The van der Waals surface area contributed by atoms with Crippen molar-refractivity contribution in [3.05, 3.63) is 52.2 Å². The molecule has 0 aliphatic heterocycles. The third-order valence-electron chi connectivity index (χ3n) is 3.23. The summed E-state index contributed by atoms with van der Waals surface area (Å²) in [6, 6.07) is 5.62. The van der Waals surface area contributed by atoms with Gasteiger partial charge in [0.2, 0.25) is 11.7 Å². The van der Waals surface area contributed by atoms with Crippen molar-refractivity contribution in [3.63, 3.8) is 0 Å². The lowest BCUT2D eigenvalue weighted by Crippen LogP contribution is -2.17. The van der Waals surface area contributed by atoms with Gasteiger partial charge >= 0.3 is 0 Å². The van der Waals surface area contributed by atoms with Crippen LogP contribution >= 0.6 is 0 Å². The Bertz CT molecular complexity index is 543. The largest absolute Gasteiger partial charge is 0.309 e. The highest BCUT2D eigenvalue weighted by Gasteiger charge is 2.35. The molecule has 0 aliphatic rings. The van der Waals surface area contributed by atoms with E-state index in [1.165, 1.54) is 0 Å². The van der Waals surface area contributed by atoms with Gasteiger partial charge in [0.25, 0.3) is 0 Å². The van der Waals surface area contributed by atoms with E-state index in [1.807, 2.05) is 39.0 Å². The van der Waals surface area contributed by atoms with Crippen LogP contribution in [0, 0.1) is 18.6 Å². The maximum atomic E-state index is 7.50. The van der Waals surface area contributed by atoms with E-state index in [9.17, 15) is 0 Å². The molecule has 0 bridgehead atoms. The van der Waals surface area contributed by atoms with Crippen LogP contribution < -0.4 is 0 Å². The quantitative estimate of drug-likeness (QED) is 0.582. The summed E-state index contributed by atoms with van der Waals surface area (Å²) in [5, 5.41) is 0. The fourth-order valence-corrected chi connectivity index (χ4v) is 2.24. The first-order chi connectivity index (χ1) is 8.62. The van der Waals surface area contributed by atoms with Gasteiger partial charge < -0.3 is 4.85 Å². The second-order valence-electron chi connectivity index (χ2n) is 7.00. The van der Waals surface area contributed by atoms with E-state index < -0.39 is 0 Å². The first kappa shape index (κ1) is 15.3. The van der Waals surface area contributed by atoms with Crippen molar-refractivity contribution in [2.75, 3.05) is 0 Å². The van der Waals surface area contributed by atoms with Gasteiger partial charge in [-0.1, -0.05) is 59.7 Å². The van der Waals surface area contributed by atoms with E-state index in [1.54, 1.807) is 0 Å². The zero-order chi connectivity index (χ0) is 14.8. The molecular weight excluding hydrogens is 232 g/mol. The molecule has 0 radical (unpaired) electrons. The van der Waals surface area contributed by atoms with Gasteiger partial charge in [0.05, 0.1) is 6.57 Å². The number of benzene rings is 1. The van der Waals surface area contributed by atoms with Crippen LogP contribution in [0.2, 0.25) is 0 Å². The van der Waals surface area contributed by atoms with Gasteiger partial charge in [-0.3, -0.25) is 0 Å². The van der Waals surface area contributed by atoms with Crippen LogP contribution in [-0.4, -0.2) is 0 Å². The highest BCUT2D eigenvalue weighted by Crippen LogP contribution is 2.44. The Morgan fingerprint density at radius 2 is 1.58 bits per heavy atom. The van der Waals surface area contributed by atoms with E-state index in [0.29, 0.717) is 5.69 Å². The molecule has 19 heavy (non-hydrogen) atoms. The average molecular weight is 254 g/mol. The predicted octanol–water partition coefficient (Wildman–Crippen LogP) is 5.54. The summed E-state index contributed by atoms with van der Waals surface area (Å²) in [5.74, 6) is 0. The normalized spacial score (nSPS) is 13.5. The Morgan fingerprint density at radius 1 is 1.00 bits per heavy atom. The SMILES string of the molecule is [C-]#[N+]c1c(C([N+]#[C-])C(C)(C)C)cccc1C(C)(C)C. The monoisotopic (exact) mass is 254 g/mol. The van der Waals surface area contributed by atoms with Gasteiger partial charge in [-0.15, -0.1) is 0 Å². The Labute approximate surface area is 117 Å². The highest BCUT2D eigenvalue weighted by atomic mass is 14.8. The number of rotatable bonds is 1. The number of nitrogens with zero attached hydrogens (tertiary/aromatic N) is 2. The Kier molecular flexibility index (Phi) is 4.06. The minimum Gasteiger partial charge on any atom is -0.309 e. The Balaban J connectivity index is 3.56. The first-order valence-corrected chi connectivity index (χ1v) is 6.50. The van der Waals surface area contributed by atoms with Crippen molar-refractivity contribution in [3.8, 4) is 0 Å². The van der Waals surface area contributed by atoms with Crippen molar-refractivity contribution in [2.24, 2.45) is 5.41 Å². The second-order valence-corrected chi connectivity index (χ2v) is 7.00. The summed E-state index contributed by atoms with van der Waals surface area (Å²) < 4.78 is 0. The molecule has 0 fully saturated rings. The average Bonchev–Trinajstić information content (AvgIpc) is 2.26. The van der Waals surface area contributed by atoms with Gasteiger partial charge in [0.15, 0.2) is 0 Å². The van der Waals surface area contributed by atoms with Crippen molar-refractivity contribution >= 4 is 5.69 Å². The molecule has 0 heterocycles. The van der Waals surface area contributed by atoms with E-state index in [0.717, 1.165) is 11.1 Å². The number of hydrogen-bond donors (Lipinski definition) is 0. The molecule has 1 rings (SSSR count). The molecule has 0 aliphatic carbocycles. The summed E-state index contributed by atoms with van der Waals surface area (Å²) >= 11 is 0. The molecule has 0 amide bonds. The molecule has 2 heteroatoms. The maximum absolute atomic E-state index is 7.50. The second kappa shape index (κ2) is 5.06. The molecule has 100 valence electrons. The lowest BCUT2D eigenvalue weighted by Gasteiger charge is -2.26. The fraction of sp³-hybridized carbons (Fsp3) is 0.529. The molecule has 0 saturated heterocycles. The van der Waals surface area contributed by atoms with Gasteiger partial charge in [-0.05, 0) is 11.0 Å². The van der Waals surface area contributed by atoms with Crippen LogP contribution in [-0.2, 0) is 5.41 Å². The van der Waals surface area contributed by atoms with Crippen molar-refractivity contribution < 1.29 is 0 Å². The third-order valence-corrected chi connectivity index (χ3v) is 3.23. The first-order valence-electron chi connectivity index (χ1n) is 6.50. The summed E-state index contributed by atoms with van der Waals surface area (Å²) in [6.45, 7) is 27.4. The summed E-state index contributed by atoms with van der Waals surface area (Å²) in [6.07, 6.45) is 0. The molecule has 0 aromatic heterocycles. The lowest BCUT2D eigenvalue weighted by molar-refractivity contribution is 0.365. The molecule has 1 aromatic carbocycles. The van der Waals surface area contributed by atoms with Crippen LogP contribution in [0.3, 0.4) is 0 Å². The lowest BCUT2D eigenvalue weighted by atomic mass is 9.78. The van der Waals surface area contributed by atoms with Crippen LogP contribution in [0.1, 0.15) is 58.7 Å². The van der Waals surface area contributed by atoms with Crippen molar-refractivity contribution in [1.29, 1.82) is 0 Å². The number of hydrogen-bond acceptors (Lipinski definition) is 0. The van der Waals surface area contributed by atoms with E-state index in [-0.39, 0.29) is 16.9 Å². The maximum Gasteiger partial charge on any atom is 0.244 e. The Hall–Kier alpha value is -1.80. The number of para-hydroxylation sites is 1. The topological polar surface area (TPSA) is 8.72 Å². The van der Waals surface area contributed by atoms with E-state index in [4.69, 9.17) is 13.1 Å². The molecule has 0 N–H and O–H groups in total. The molecule has 1 atom stereocenters. The predicted molar refractivity (Wildman–Crippen MR) is 80.2 cm³/mol. The van der Waals surface area contributed by atoms with Crippen molar-refractivity contribution in [1.82, 2.24) is 0 Å². The van der Waals surface area contributed by atoms with Crippen LogP contribution in [0.15, 0.2) is 18.2 Å². The molecule has 0 spiro atoms. The summed E-state index contributed by atoms with van der Waals surface area (Å²) in [7, 11) is 0. The minimum absolute atomic E-state index is 0.0830. The standard InChI is InChI=1S/C17H22N2/c1-16(2,3)13-11-9-10-12(14(13)18-7)15(19-8)17(4,5)6/h9-11,15H,1-6H3. The smallest absolute Gasteiger partial charge is 0.244 e. The minimum atomic E-state index is -0.279. The van der Waals surface area contributed by atoms with E-state index in [2.05, 4.69) is 30.5 Å². The molecule has 1 unspecified atom stereocenters. The van der Waals surface area contributed by atoms with E-state index >= 15 is 0 Å². The summed E-state index contributed by atoms with van der Waals surface area (Å²) in [4.78, 5) is 7.49. The van der Waals surface area contributed by atoms with Crippen LogP contribution in [0.25, 0.3) is 9.69 Å². The fourth-order valence-electron chi connectivity index (χ4n) is 2.24.